The molecule has 90 valence electrons. The van der Waals surface area contributed by atoms with Gasteiger partial charge in [-0.2, -0.15) is 0 Å². The standard InChI is InChI=1S/C15H13NO2/c1-18-11-7-8-12-13(9-11)16-15(17)14(12)10-5-3-2-4-6-10/h2-9,14H,1H3,(H,16,17). The molecule has 0 spiro atoms. The van der Waals surface area contributed by atoms with Gasteiger partial charge in [-0.3, -0.25) is 4.79 Å². The summed E-state index contributed by atoms with van der Waals surface area (Å²) in [6.45, 7) is 0. The highest BCUT2D eigenvalue weighted by atomic mass is 16.5. The summed E-state index contributed by atoms with van der Waals surface area (Å²) in [5.41, 5.74) is 2.86. The molecule has 1 N–H and O–H groups in total. The van der Waals surface area contributed by atoms with Crippen LogP contribution in [0.4, 0.5) is 5.69 Å². The van der Waals surface area contributed by atoms with Crippen molar-refractivity contribution >= 4 is 11.6 Å². The number of anilines is 1. The van der Waals surface area contributed by atoms with Gasteiger partial charge in [0.05, 0.1) is 13.0 Å². The molecule has 3 heteroatoms. The molecule has 0 aromatic heterocycles. The summed E-state index contributed by atoms with van der Waals surface area (Å²) < 4.78 is 5.16. The minimum atomic E-state index is -0.216. The molecule has 0 aliphatic carbocycles. The Hall–Kier alpha value is -2.29. The molecule has 1 atom stereocenters. The van der Waals surface area contributed by atoms with Crippen molar-refractivity contribution < 1.29 is 9.53 Å². The molecule has 3 nitrogen and oxygen atoms in total. The minimum Gasteiger partial charge on any atom is -0.497 e. The first-order valence-electron chi connectivity index (χ1n) is 5.83. The van der Waals surface area contributed by atoms with E-state index in [0.29, 0.717) is 0 Å². The number of nitrogens with one attached hydrogen (secondary N) is 1. The van der Waals surface area contributed by atoms with Gasteiger partial charge in [0.25, 0.3) is 0 Å². The van der Waals surface area contributed by atoms with E-state index in [-0.39, 0.29) is 11.8 Å². The van der Waals surface area contributed by atoms with Crippen LogP contribution < -0.4 is 10.1 Å². The number of hydrogen-bond donors (Lipinski definition) is 1. The molecule has 1 heterocycles. The maximum absolute atomic E-state index is 12.1. The van der Waals surface area contributed by atoms with Gasteiger partial charge in [0.15, 0.2) is 0 Å². The number of carbonyl (C=O) groups is 1. The van der Waals surface area contributed by atoms with E-state index >= 15 is 0 Å². The molecular weight excluding hydrogens is 226 g/mol. The zero-order valence-electron chi connectivity index (χ0n) is 10.0. The van der Waals surface area contributed by atoms with Gasteiger partial charge in [-0.15, -0.1) is 0 Å². The molecule has 18 heavy (non-hydrogen) atoms. The number of carbonyl (C=O) groups excluding carboxylic acids is 1. The van der Waals surface area contributed by atoms with E-state index in [0.717, 1.165) is 22.6 Å². The number of amides is 1. The summed E-state index contributed by atoms with van der Waals surface area (Å²) in [7, 11) is 1.62. The van der Waals surface area contributed by atoms with Gasteiger partial charge >= 0.3 is 0 Å². The molecule has 0 saturated heterocycles. The van der Waals surface area contributed by atoms with Crippen LogP contribution in [-0.4, -0.2) is 13.0 Å². The minimum absolute atomic E-state index is 0.0180. The monoisotopic (exact) mass is 239 g/mol. The molecule has 0 radical (unpaired) electrons. The molecule has 0 fully saturated rings. The Morgan fingerprint density at radius 3 is 2.61 bits per heavy atom. The van der Waals surface area contributed by atoms with Gasteiger partial charge in [-0.25, -0.2) is 0 Å². The smallest absolute Gasteiger partial charge is 0.236 e. The second-order valence-corrected chi connectivity index (χ2v) is 4.29. The molecule has 1 amide bonds. The summed E-state index contributed by atoms with van der Waals surface area (Å²) in [6.07, 6.45) is 0. The van der Waals surface area contributed by atoms with E-state index in [1.165, 1.54) is 0 Å². The lowest BCUT2D eigenvalue weighted by Crippen LogP contribution is -2.12. The van der Waals surface area contributed by atoms with Crippen LogP contribution in [0.2, 0.25) is 0 Å². The average molecular weight is 239 g/mol. The van der Waals surface area contributed by atoms with Gasteiger partial charge in [0.2, 0.25) is 5.91 Å². The molecule has 0 bridgehead atoms. The first kappa shape index (κ1) is 10.8. The lowest BCUT2D eigenvalue weighted by atomic mass is 9.93. The van der Waals surface area contributed by atoms with E-state index in [1.807, 2.05) is 48.5 Å². The maximum Gasteiger partial charge on any atom is 0.236 e. The van der Waals surface area contributed by atoms with Crippen molar-refractivity contribution in [3.8, 4) is 5.75 Å². The lowest BCUT2D eigenvalue weighted by Gasteiger charge is -2.09. The van der Waals surface area contributed by atoms with Crippen molar-refractivity contribution in [1.29, 1.82) is 0 Å². The fourth-order valence-corrected chi connectivity index (χ4v) is 2.34. The lowest BCUT2D eigenvalue weighted by molar-refractivity contribution is -0.116. The van der Waals surface area contributed by atoms with E-state index in [4.69, 9.17) is 4.74 Å². The Kier molecular flexibility index (Phi) is 2.52. The van der Waals surface area contributed by atoms with Crippen LogP contribution >= 0.6 is 0 Å². The van der Waals surface area contributed by atoms with Crippen molar-refractivity contribution in [2.45, 2.75) is 5.92 Å². The van der Waals surface area contributed by atoms with E-state index < -0.39 is 0 Å². The number of rotatable bonds is 2. The Labute approximate surface area is 105 Å². The summed E-state index contributed by atoms with van der Waals surface area (Å²) in [5.74, 6) is 0.555. The van der Waals surface area contributed by atoms with E-state index in [1.54, 1.807) is 7.11 Å². The number of methoxy groups -OCH3 is 1. The van der Waals surface area contributed by atoms with Crippen molar-refractivity contribution in [3.05, 3.63) is 59.7 Å². The molecule has 1 unspecified atom stereocenters. The van der Waals surface area contributed by atoms with Crippen molar-refractivity contribution in [2.75, 3.05) is 12.4 Å². The van der Waals surface area contributed by atoms with Crippen molar-refractivity contribution in [2.24, 2.45) is 0 Å². The van der Waals surface area contributed by atoms with Gasteiger partial charge in [0.1, 0.15) is 5.75 Å². The summed E-state index contributed by atoms with van der Waals surface area (Å²) in [5, 5.41) is 2.90. The third-order valence-corrected chi connectivity index (χ3v) is 3.22. The van der Waals surface area contributed by atoms with Crippen LogP contribution in [-0.2, 0) is 4.79 Å². The molecule has 3 rings (SSSR count). The molecule has 0 saturated carbocycles. The fourth-order valence-electron chi connectivity index (χ4n) is 2.34. The fraction of sp³-hybridized carbons (Fsp3) is 0.133. The Balaban J connectivity index is 2.07. The molecule has 1 aliphatic heterocycles. The predicted molar refractivity (Wildman–Crippen MR) is 69.9 cm³/mol. The van der Waals surface area contributed by atoms with Gasteiger partial charge < -0.3 is 10.1 Å². The van der Waals surface area contributed by atoms with Crippen LogP contribution in [0.1, 0.15) is 17.0 Å². The summed E-state index contributed by atoms with van der Waals surface area (Å²) in [4.78, 5) is 12.1. The topological polar surface area (TPSA) is 38.3 Å². The highest BCUT2D eigenvalue weighted by Gasteiger charge is 2.31. The van der Waals surface area contributed by atoms with E-state index in [9.17, 15) is 4.79 Å². The van der Waals surface area contributed by atoms with Crippen LogP contribution in [0.3, 0.4) is 0 Å². The van der Waals surface area contributed by atoms with Gasteiger partial charge in [-0.05, 0) is 17.2 Å². The average Bonchev–Trinajstić information content (AvgIpc) is 2.74. The van der Waals surface area contributed by atoms with Gasteiger partial charge in [0, 0.05) is 11.8 Å². The van der Waals surface area contributed by atoms with Crippen LogP contribution in [0.25, 0.3) is 0 Å². The van der Waals surface area contributed by atoms with Crippen molar-refractivity contribution in [1.82, 2.24) is 0 Å². The normalized spacial score (nSPS) is 17.2. The SMILES string of the molecule is COc1ccc2c(c1)NC(=O)C2c1ccccc1. The first-order chi connectivity index (χ1) is 8.79. The summed E-state index contributed by atoms with van der Waals surface area (Å²) in [6, 6.07) is 15.5. The predicted octanol–water partition coefficient (Wildman–Crippen LogP) is 2.78. The largest absolute Gasteiger partial charge is 0.497 e. The zero-order chi connectivity index (χ0) is 12.5. The summed E-state index contributed by atoms with van der Waals surface area (Å²) >= 11 is 0. The van der Waals surface area contributed by atoms with E-state index in [2.05, 4.69) is 5.32 Å². The number of benzene rings is 2. The number of ether oxygens (including phenoxy) is 1. The van der Waals surface area contributed by atoms with Crippen LogP contribution in [0.5, 0.6) is 5.75 Å². The Morgan fingerprint density at radius 2 is 1.89 bits per heavy atom. The molecular formula is C15H13NO2. The molecule has 2 aromatic rings. The Bertz CT molecular complexity index is 593. The highest BCUT2D eigenvalue weighted by molar-refractivity contribution is 6.05. The third-order valence-electron chi connectivity index (χ3n) is 3.22. The van der Waals surface area contributed by atoms with Crippen LogP contribution in [0.15, 0.2) is 48.5 Å². The quantitative estimate of drug-likeness (QED) is 0.875. The molecule has 1 aliphatic rings. The number of fused-ring (bicyclic) bond motifs is 1. The Morgan fingerprint density at radius 1 is 1.11 bits per heavy atom. The molecule has 2 aromatic carbocycles. The van der Waals surface area contributed by atoms with Gasteiger partial charge in [-0.1, -0.05) is 36.4 Å². The zero-order valence-corrected chi connectivity index (χ0v) is 10.0. The highest BCUT2D eigenvalue weighted by Crippen LogP contribution is 2.38. The number of hydrogen-bond acceptors (Lipinski definition) is 2. The second kappa shape index (κ2) is 4.18. The second-order valence-electron chi connectivity index (χ2n) is 4.29. The first-order valence-corrected chi connectivity index (χ1v) is 5.83. The third kappa shape index (κ3) is 1.64. The van der Waals surface area contributed by atoms with Crippen LogP contribution in [0, 0.1) is 0 Å². The van der Waals surface area contributed by atoms with Crippen molar-refractivity contribution in [3.63, 3.8) is 0 Å². The maximum atomic E-state index is 12.1.